The van der Waals surface area contributed by atoms with E-state index in [4.69, 9.17) is 16.0 Å². The Hall–Kier alpha value is -1.42. The van der Waals surface area contributed by atoms with Crippen LogP contribution in [0.15, 0.2) is 10.6 Å². The fourth-order valence-electron chi connectivity index (χ4n) is 1.39. The fourth-order valence-corrected chi connectivity index (χ4v) is 1.39. The van der Waals surface area contributed by atoms with E-state index in [9.17, 15) is 0 Å². The normalized spacial score (nSPS) is 10.1. The minimum atomic E-state index is 0. The van der Waals surface area contributed by atoms with Gasteiger partial charge in [0, 0.05) is 5.69 Å². The molecule has 5 heteroatoms. The Labute approximate surface area is 87.6 Å². The predicted molar refractivity (Wildman–Crippen MR) is 59.6 cm³/mol. The van der Waals surface area contributed by atoms with Crippen LogP contribution in [-0.4, -0.2) is 5.16 Å². The van der Waals surface area contributed by atoms with Gasteiger partial charge in [0.15, 0.2) is 11.4 Å². The van der Waals surface area contributed by atoms with Crippen molar-refractivity contribution in [2.24, 2.45) is 0 Å². The monoisotopic (exact) mass is 213 g/mol. The lowest BCUT2D eigenvalue weighted by molar-refractivity contribution is 0.460. The Kier molecular flexibility index (Phi) is 2.57. The number of hydrogen-bond acceptors (Lipinski definition) is 4. The van der Waals surface area contributed by atoms with Crippen LogP contribution in [0.25, 0.3) is 11.0 Å². The van der Waals surface area contributed by atoms with Crippen molar-refractivity contribution < 1.29 is 4.52 Å². The van der Waals surface area contributed by atoms with E-state index in [0.29, 0.717) is 17.1 Å². The summed E-state index contributed by atoms with van der Waals surface area (Å²) in [5, 5.41) is 4.39. The van der Waals surface area contributed by atoms with Gasteiger partial charge in [-0.25, -0.2) is 0 Å². The van der Waals surface area contributed by atoms with E-state index in [-0.39, 0.29) is 12.4 Å². The molecule has 0 aliphatic rings. The van der Waals surface area contributed by atoms with Crippen LogP contribution in [0, 0.1) is 13.8 Å². The fraction of sp³-hybridized carbons (Fsp3) is 0.222. The number of nitrogens with zero attached hydrogens (tertiary/aromatic N) is 1. The average molecular weight is 214 g/mol. The highest BCUT2D eigenvalue weighted by molar-refractivity contribution is 5.99. The predicted octanol–water partition coefficient (Wildman–Crippen LogP) is 2.03. The quantitative estimate of drug-likeness (QED) is 0.657. The van der Waals surface area contributed by atoms with Gasteiger partial charge in [0.05, 0.1) is 5.39 Å². The van der Waals surface area contributed by atoms with Gasteiger partial charge < -0.3 is 16.0 Å². The summed E-state index contributed by atoms with van der Waals surface area (Å²) in [6, 6.07) is 1.89. The van der Waals surface area contributed by atoms with Gasteiger partial charge in [-0.2, -0.15) is 0 Å². The van der Waals surface area contributed by atoms with Gasteiger partial charge in [0.2, 0.25) is 0 Å². The molecule has 0 aliphatic heterocycles. The number of benzene rings is 1. The van der Waals surface area contributed by atoms with Gasteiger partial charge in [-0.3, -0.25) is 0 Å². The average Bonchev–Trinajstić information content (AvgIpc) is 2.43. The Morgan fingerprint density at radius 1 is 1.29 bits per heavy atom. The lowest BCUT2D eigenvalue weighted by atomic mass is 10.1. The van der Waals surface area contributed by atoms with E-state index in [1.807, 2.05) is 19.9 Å². The molecule has 4 N–H and O–H groups in total. The molecule has 0 fully saturated rings. The second-order valence-corrected chi connectivity index (χ2v) is 3.17. The lowest BCUT2D eigenvalue weighted by Crippen LogP contribution is -1.95. The minimum Gasteiger partial charge on any atom is -0.398 e. The zero-order valence-electron chi connectivity index (χ0n) is 8.00. The molecule has 1 aromatic heterocycles. The summed E-state index contributed by atoms with van der Waals surface area (Å²) in [6.07, 6.45) is 0. The molecular formula is C9H12ClN3O. The van der Waals surface area contributed by atoms with Crippen LogP contribution in [0.1, 0.15) is 11.1 Å². The zero-order valence-corrected chi connectivity index (χ0v) is 8.81. The third-order valence-electron chi connectivity index (χ3n) is 2.36. The van der Waals surface area contributed by atoms with Crippen molar-refractivity contribution in [3.05, 3.63) is 17.2 Å². The molecule has 1 heterocycles. The third-order valence-corrected chi connectivity index (χ3v) is 2.36. The number of fused-ring (bicyclic) bond motifs is 1. The van der Waals surface area contributed by atoms with Gasteiger partial charge in [0.25, 0.3) is 0 Å². The molecule has 2 aromatic rings. The van der Waals surface area contributed by atoms with Crippen molar-refractivity contribution in [2.75, 3.05) is 11.5 Å². The first-order chi connectivity index (χ1) is 6.11. The first kappa shape index (κ1) is 10.7. The number of rotatable bonds is 0. The van der Waals surface area contributed by atoms with Crippen LogP contribution < -0.4 is 11.5 Å². The molecule has 0 aliphatic carbocycles. The molecule has 0 saturated carbocycles. The van der Waals surface area contributed by atoms with E-state index in [1.54, 1.807) is 0 Å². The SMILES string of the molecule is Cc1cc2onc(N)c2c(N)c1C.Cl. The van der Waals surface area contributed by atoms with Gasteiger partial charge >= 0.3 is 0 Å². The Morgan fingerprint density at radius 2 is 1.93 bits per heavy atom. The van der Waals surface area contributed by atoms with Crippen LogP contribution in [0.3, 0.4) is 0 Å². The van der Waals surface area contributed by atoms with Crippen molar-refractivity contribution in [1.29, 1.82) is 0 Å². The standard InChI is InChI=1S/C9H11N3O.ClH/c1-4-3-6-7(8(10)5(4)2)9(11)12-13-6;/h3H,10H2,1-2H3,(H2,11,12);1H. The van der Waals surface area contributed by atoms with E-state index in [0.717, 1.165) is 16.5 Å². The number of anilines is 2. The molecule has 1 aromatic carbocycles. The molecule has 0 unspecified atom stereocenters. The van der Waals surface area contributed by atoms with E-state index in [2.05, 4.69) is 5.16 Å². The zero-order chi connectivity index (χ0) is 9.59. The highest BCUT2D eigenvalue weighted by Gasteiger charge is 2.11. The summed E-state index contributed by atoms with van der Waals surface area (Å²) in [5.41, 5.74) is 14.9. The van der Waals surface area contributed by atoms with Crippen LogP contribution in [-0.2, 0) is 0 Å². The number of nitrogen functional groups attached to an aromatic ring is 2. The van der Waals surface area contributed by atoms with Crippen molar-refractivity contribution in [3.8, 4) is 0 Å². The maximum Gasteiger partial charge on any atom is 0.176 e. The number of aryl methyl sites for hydroxylation is 1. The molecular weight excluding hydrogens is 202 g/mol. The second kappa shape index (κ2) is 3.38. The van der Waals surface area contributed by atoms with Gasteiger partial charge in [-0.1, -0.05) is 5.16 Å². The van der Waals surface area contributed by atoms with Crippen molar-refractivity contribution >= 4 is 34.9 Å². The Morgan fingerprint density at radius 3 is 2.57 bits per heavy atom. The lowest BCUT2D eigenvalue weighted by Gasteiger charge is -2.03. The summed E-state index contributed by atoms with van der Waals surface area (Å²) < 4.78 is 5.01. The number of hydrogen-bond donors (Lipinski definition) is 2. The van der Waals surface area contributed by atoms with E-state index >= 15 is 0 Å². The molecule has 0 spiro atoms. The summed E-state index contributed by atoms with van der Waals surface area (Å²) in [6.45, 7) is 3.93. The molecule has 14 heavy (non-hydrogen) atoms. The smallest absolute Gasteiger partial charge is 0.176 e. The molecule has 0 saturated heterocycles. The third kappa shape index (κ3) is 1.28. The molecule has 0 atom stereocenters. The number of halogens is 1. The minimum absolute atomic E-state index is 0. The second-order valence-electron chi connectivity index (χ2n) is 3.17. The number of aromatic nitrogens is 1. The summed E-state index contributed by atoms with van der Waals surface area (Å²) >= 11 is 0. The molecule has 4 nitrogen and oxygen atoms in total. The molecule has 0 bridgehead atoms. The molecule has 0 amide bonds. The first-order valence-electron chi connectivity index (χ1n) is 4.02. The maximum atomic E-state index is 5.88. The number of nitrogens with two attached hydrogens (primary N) is 2. The highest BCUT2D eigenvalue weighted by atomic mass is 35.5. The van der Waals surface area contributed by atoms with Crippen molar-refractivity contribution in [3.63, 3.8) is 0 Å². The van der Waals surface area contributed by atoms with Gasteiger partial charge in [0.1, 0.15) is 0 Å². The van der Waals surface area contributed by atoms with E-state index in [1.165, 1.54) is 0 Å². The van der Waals surface area contributed by atoms with Crippen LogP contribution in [0.4, 0.5) is 11.5 Å². The summed E-state index contributed by atoms with van der Waals surface area (Å²) in [7, 11) is 0. The summed E-state index contributed by atoms with van der Waals surface area (Å²) in [4.78, 5) is 0. The van der Waals surface area contributed by atoms with Crippen LogP contribution in [0.5, 0.6) is 0 Å². The van der Waals surface area contributed by atoms with E-state index < -0.39 is 0 Å². The van der Waals surface area contributed by atoms with Crippen LogP contribution >= 0.6 is 12.4 Å². The van der Waals surface area contributed by atoms with Crippen LogP contribution in [0.2, 0.25) is 0 Å². The molecule has 2 rings (SSSR count). The van der Waals surface area contributed by atoms with Crippen molar-refractivity contribution in [1.82, 2.24) is 5.16 Å². The maximum absolute atomic E-state index is 5.88. The molecule has 76 valence electrons. The highest BCUT2D eigenvalue weighted by Crippen LogP contribution is 2.31. The van der Waals surface area contributed by atoms with Gasteiger partial charge in [-0.05, 0) is 31.0 Å². The topological polar surface area (TPSA) is 78.1 Å². The summed E-state index contributed by atoms with van der Waals surface area (Å²) in [5.74, 6) is 0.357. The van der Waals surface area contributed by atoms with Gasteiger partial charge in [-0.15, -0.1) is 12.4 Å². The molecule has 0 radical (unpaired) electrons. The largest absolute Gasteiger partial charge is 0.398 e. The Bertz CT molecular complexity index is 478. The van der Waals surface area contributed by atoms with Crippen molar-refractivity contribution in [2.45, 2.75) is 13.8 Å². The Balaban J connectivity index is 0.000000980. The first-order valence-corrected chi connectivity index (χ1v) is 4.02.